The molecule has 12 nitrogen and oxygen atoms in total. The van der Waals surface area contributed by atoms with E-state index in [0.29, 0.717) is 32.7 Å². The molecular weight excluding hydrogens is 683 g/mol. The van der Waals surface area contributed by atoms with E-state index < -0.39 is 29.9 Å². The van der Waals surface area contributed by atoms with Crippen LogP contribution in [0.4, 0.5) is 9.59 Å². The molecule has 7 atom stereocenters. The first-order valence-electron chi connectivity index (χ1n) is 15.9. The van der Waals surface area contributed by atoms with Crippen LogP contribution in [0.3, 0.4) is 0 Å². The number of allylic oxidation sites excluding steroid dienone is 1. The molecule has 1 aliphatic carbocycles. The van der Waals surface area contributed by atoms with Crippen molar-refractivity contribution in [1.82, 2.24) is 19.5 Å². The quantitative estimate of drug-likeness (QED) is 0.0535. The fraction of sp³-hybridized carbons (Fsp3) is 0.839. The highest BCUT2D eigenvalue weighted by atomic mass is 127. The Morgan fingerprint density at radius 3 is 2.34 bits per heavy atom. The number of alkyl carbamates (subject to hydrolysis) is 2. The van der Waals surface area contributed by atoms with Crippen molar-refractivity contribution in [1.29, 1.82) is 0 Å². The topological polar surface area (TPSA) is 152 Å². The van der Waals surface area contributed by atoms with Gasteiger partial charge in [-0.05, 0) is 58.8 Å². The van der Waals surface area contributed by atoms with Crippen LogP contribution in [0.5, 0.6) is 0 Å². The summed E-state index contributed by atoms with van der Waals surface area (Å²) in [6.07, 6.45) is 6.19. The van der Waals surface area contributed by atoms with Gasteiger partial charge in [0.25, 0.3) is 0 Å². The Balaban J connectivity index is 1.40. The van der Waals surface area contributed by atoms with Gasteiger partial charge in [-0.2, -0.15) is 0 Å². The molecule has 0 radical (unpaired) electrons. The molecule has 0 aromatic heterocycles. The van der Waals surface area contributed by atoms with E-state index >= 15 is 0 Å². The van der Waals surface area contributed by atoms with Gasteiger partial charge in [0.1, 0.15) is 30.0 Å². The van der Waals surface area contributed by atoms with Crippen LogP contribution in [0.2, 0.25) is 0 Å². The van der Waals surface area contributed by atoms with Crippen molar-refractivity contribution in [3.8, 4) is 0 Å². The van der Waals surface area contributed by atoms with Crippen molar-refractivity contribution in [2.75, 3.05) is 40.0 Å². The summed E-state index contributed by atoms with van der Waals surface area (Å²) >= 11 is 1.94. The number of epoxide rings is 2. The Kier molecular flexibility index (Phi) is 14.5. The lowest BCUT2D eigenvalue weighted by Crippen LogP contribution is -2.56. The van der Waals surface area contributed by atoms with Gasteiger partial charge in [0.05, 0.1) is 31.2 Å². The molecule has 3 amide bonds. The summed E-state index contributed by atoms with van der Waals surface area (Å²) in [7, 11) is 1.65. The van der Waals surface area contributed by atoms with Crippen LogP contribution in [0.1, 0.15) is 79.6 Å². The molecule has 252 valence electrons. The molecule has 2 saturated heterocycles. The number of carbonyl (C=O) groups is 3. The summed E-state index contributed by atoms with van der Waals surface area (Å²) in [4.78, 5) is 36.7. The van der Waals surface area contributed by atoms with Crippen molar-refractivity contribution >= 4 is 41.0 Å². The fourth-order valence-corrected chi connectivity index (χ4v) is 6.50. The predicted octanol–water partition coefficient (Wildman–Crippen LogP) is 4.16. The van der Waals surface area contributed by atoms with Gasteiger partial charge in [0.2, 0.25) is 5.91 Å². The molecule has 3 fully saturated rings. The highest BCUT2D eigenvalue weighted by Gasteiger charge is 2.72. The van der Waals surface area contributed by atoms with Crippen LogP contribution in [-0.2, 0) is 28.5 Å². The molecule has 3 aliphatic rings. The summed E-state index contributed by atoms with van der Waals surface area (Å²) in [5.74, 6) is -0.0609. The lowest BCUT2D eigenvalue weighted by molar-refractivity contribution is -0.119. The molecule has 0 bridgehead atoms. The molecule has 1 spiro atoms. The van der Waals surface area contributed by atoms with E-state index in [0.717, 1.165) is 38.5 Å². The number of methoxy groups -OCH3 is 1. The zero-order valence-electron chi connectivity index (χ0n) is 27.2. The number of hydrogen-bond donors (Lipinski definition) is 4. The third kappa shape index (κ3) is 10.7. The second kappa shape index (κ2) is 17.3. The maximum atomic E-state index is 13.1. The average Bonchev–Trinajstić information content (AvgIpc) is 3.88. The van der Waals surface area contributed by atoms with E-state index in [9.17, 15) is 14.4 Å². The van der Waals surface area contributed by atoms with Crippen LogP contribution >= 0.6 is 22.9 Å². The fourth-order valence-electron chi connectivity index (χ4n) is 6.16. The molecule has 1 saturated carbocycles. The lowest BCUT2D eigenvalue weighted by Gasteiger charge is -2.42. The minimum Gasteiger partial charge on any atom is -0.447 e. The molecule has 13 heteroatoms. The molecule has 2 aliphatic heterocycles. The van der Waals surface area contributed by atoms with Gasteiger partial charge in [0.15, 0.2) is 0 Å². The normalized spacial score (nSPS) is 29.5. The number of hydrogen-bond acceptors (Lipinski definition) is 9. The summed E-state index contributed by atoms with van der Waals surface area (Å²) in [6.45, 7) is 12.3. The highest BCUT2D eigenvalue weighted by Crippen LogP contribution is 2.59. The molecule has 0 aromatic carbocycles. The van der Waals surface area contributed by atoms with Gasteiger partial charge in [0, 0.05) is 43.1 Å². The number of halogens is 1. The van der Waals surface area contributed by atoms with E-state index in [-0.39, 0.29) is 42.2 Å². The van der Waals surface area contributed by atoms with Gasteiger partial charge in [-0.15, -0.1) is 0 Å². The first kappa shape index (κ1) is 36.8. The maximum Gasteiger partial charge on any atom is 0.407 e. The average molecular weight is 737 g/mol. The molecular formula is C31H53IN4O8. The van der Waals surface area contributed by atoms with E-state index in [1.807, 2.05) is 36.7 Å². The van der Waals surface area contributed by atoms with Crippen molar-refractivity contribution in [3.05, 3.63) is 11.6 Å². The Bertz CT molecular complexity index is 990. The molecule has 44 heavy (non-hydrogen) atoms. The zero-order chi connectivity index (χ0) is 32.3. The van der Waals surface area contributed by atoms with Gasteiger partial charge >= 0.3 is 12.2 Å². The molecule has 2 heterocycles. The van der Waals surface area contributed by atoms with Crippen molar-refractivity contribution in [3.63, 3.8) is 0 Å². The lowest BCUT2D eigenvalue weighted by atomic mass is 9.68. The minimum absolute atomic E-state index is 0.0126. The SMILES string of the molecule is COC1C(OC(=O)N[C@@H](COC(=O)NCCCCCCNC(=O)CNI)C(C)C)CC[C@]2(CO2)C1[C@@]1(C)O[C@@H]1CC=C(C)C. The largest absolute Gasteiger partial charge is 0.447 e. The summed E-state index contributed by atoms with van der Waals surface area (Å²) in [5.41, 5.74) is 0.547. The molecule has 0 aromatic rings. The van der Waals surface area contributed by atoms with Crippen LogP contribution in [0, 0.1) is 11.8 Å². The number of unbranched alkanes of at least 4 members (excludes halogenated alkanes) is 3. The van der Waals surface area contributed by atoms with E-state index in [4.69, 9.17) is 23.7 Å². The van der Waals surface area contributed by atoms with Crippen LogP contribution in [-0.4, -0.2) is 93.6 Å². The van der Waals surface area contributed by atoms with E-state index in [2.05, 4.69) is 46.3 Å². The Morgan fingerprint density at radius 1 is 1.07 bits per heavy atom. The van der Waals surface area contributed by atoms with Crippen LogP contribution < -0.4 is 19.5 Å². The minimum atomic E-state index is -0.559. The second-order valence-corrected chi connectivity index (χ2v) is 13.7. The van der Waals surface area contributed by atoms with Crippen molar-refractivity contribution < 1.29 is 38.1 Å². The monoisotopic (exact) mass is 736 g/mol. The number of ether oxygens (including phenoxy) is 5. The van der Waals surface area contributed by atoms with Gasteiger partial charge in [-0.1, -0.05) is 38.3 Å². The third-order valence-electron chi connectivity index (χ3n) is 8.92. The van der Waals surface area contributed by atoms with Crippen molar-refractivity contribution in [2.45, 2.75) is 115 Å². The summed E-state index contributed by atoms with van der Waals surface area (Å²) in [5, 5.41) is 8.50. The molecule has 3 rings (SSSR count). The van der Waals surface area contributed by atoms with Crippen molar-refractivity contribution in [2.24, 2.45) is 11.8 Å². The zero-order valence-corrected chi connectivity index (χ0v) is 29.3. The standard InChI is InChI=1S/C31H53IN4O8/c1-20(2)11-12-24-30(5,44-24)27-26(40-6)23(13-14-31(27)19-42-31)43-29(39)36-22(21(3)4)18-41-28(38)34-16-10-8-7-9-15-33-25(37)17-35-32/h11,21-24,26-27,35H,7-10,12-19H2,1-6H3,(H,33,37)(H,34,38)(H,36,39)/t22-,23?,24+,26?,27?,30-,31-/m0/s1. The van der Waals surface area contributed by atoms with E-state index in [1.54, 1.807) is 7.11 Å². The first-order chi connectivity index (χ1) is 21.0. The van der Waals surface area contributed by atoms with Gasteiger partial charge in [-0.3, -0.25) is 8.32 Å². The smallest absolute Gasteiger partial charge is 0.407 e. The number of carbonyl (C=O) groups excluding carboxylic acids is 3. The Labute approximate surface area is 276 Å². The van der Waals surface area contributed by atoms with Crippen LogP contribution in [0.25, 0.3) is 0 Å². The summed E-state index contributed by atoms with van der Waals surface area (Å²) < 4.78 is 32.4. The number of nitrogens with one attached hydrogen (secondary N) is 4. The van der Waals surface area contributed by atoms with Gasteiger partial charge < -0.3 is 39.6 Å². The number of amides is 3. The molecule has 4 N–H and O–H groups in total. The highest BCUT2D eigenvalue weighted by molar-refractivity contribution is 14.1. The third-order valence-corrected chi connectivity index (χ3v) is 9.30. The van der Waals surface area contributed by atoms with Gasteiger partial charge in [-0.25, -0.2) is 9.59 Å². The molecule has 3 unspecified atom stereocenters. The van der Waals surface area contributed by atoms with E-state index in [1.165, 1.54) is 5.57 Å². The summed E-state index contributed by atoms with van der Waals surface area (Å²) in [6, 6.07) is -0.415. The predicted molar refractivity (Wildman–Crippen MR) is 174 cm³/mol. The second-order valence-electron chi connectivity index (χ2n) is 12.9. The van der Waals surface area contributed by atoms with Crippen LogP contribution in [0.15, 0.2) is 11.6 Å². The first-order valence-corrected chi connectivity index (χ1v) is 17.0. The number of rotatable bonds is 18. The Hall–Kier alpha value is -1.68. The maximum absolute atomic E-state index is 13.1. The Morgan fingerprint density at radius 2 is 1.75 bits per heavy atom.